The lowest BCUT2D eigenvalue weighted by molar-refractivity contribution is -0.167. The molecule has 1 atom stereocenters. The van der Waals surface area contributed by atoms with E-state index in [4.69, 9.17) is 14.2 Å². The van der Waals surface area contributed by atoms with Gasteiger partial charge in [0.05, 0.1) is 0 Å². The molecular formula is C71H130O6. The number of hydrogen-bond donors (Lipinski definition) is 0. The van der Waals surface area contributed by atoms with E-state index in [-0.39, 0.29) is 31.1 Å². The van der Waals surface area contributed by atoms with Crippen molar-refractivity contribution in [2.45, 2.75) is 374 Å². The van der Waals surface area contributed by atoms with E-state index in [9.17, 15) is 14.4 Å². The van der Waals surface area contributed by atoms with Crippen LogP contribution in [0.3, 0.4) is 0 Å². The lowest BCUT2D eigenvalue weighted by Gasteiger charge is -2.18. The van der Waals surface area contributed by atoms with Crippen LogP contribution in [0.4, 0.5) is 0 Å². The molecule has 0 rings (SSSR count). The summed E-state index contributed by atoms with van der Waals surface area (Å²) in [6, 6.07) is 0. The normalized spacial score (nSPS) is 12.3. The van der Waals surface area contributed by atoms with Crippen molar-refractivity contribution in [1.82, 2.24) is 0 Å². The third kappa shape index (κ3) is 64.1. The highest BCUT2D eigenvalue weighted by Gasteiger charge is 2.19. The van der Waals surface area contributed by atoms with Crippen LogP contribution in [0.2, 0.25) is 0 Å². The van der Waals surface area contributed by atoms with Gasteiger partial charge in [0, 0.05) is 19.3 Å². The molecule has 0 saturated heterocycles. The van der Waals surface area contributed by atoms with Gasteiger partial charge in [-0.25, -0.2) is 0 Å². The number of hydrogen-bond acceptors (Lipinski definition) is 6. The third-order valence-electron chi connectivity index (χ3n) is 15.3. The first-order valence-electron chi connectivity index (χ1n) is 34.1. The van der Waals surface area contributed by atoms with Crippen molar-refractivity contribution >= 4 is 17.9 Å². The van der Waals surface area contributed by atoms with Gasteiger partial charge in [-0.1, -0.05) is 313 Å². The molecule has 0 amide bonds. The highest BCUT2D eigenvalue weighted by atomic mass is 16.6. The molecule has 0 aliphatic heterocycles. The molecule has 0 radical (unpaired) electrons. The van der Waals surface area contributed by atoms with E-state index >= 15 is 0 Å². The molecule has 0 aromatic heterocycles. The van der Waals surface area contributed by atoms with E-state index in [0.29, 0.717) is 19.3 Å². The number of ether oxygens (including phenoxy) is 3. The first-order chi connectivity index (χ1) is 38.0. The summed E-state index contributed by atoms with van der Waals surface area (Å²) in [6.07, 6.45) is 82.7. The maximum Gasteiger partial charge on any atom is 0.306 e. The van der Waals surface area contributed by atoms with Crippen molar-refractivity contribution in [3.63, 3.8) is 0 Å². The average molecular weight is 1080 g/mol. The molecule has 0 aliphatic carbocycles. The van der Waals surface area contributed by atoms with Gasteiger partial charge in [-0.3, -0.25) is 14.4 Å². The van der Waals surface area contributed by atoms with Crippen LogP contribution in [0.25, 0.3) is 0 Å². The Hall–Kier alpha value is -2.63. The molecule has 0 aliphatic rings. The highest BCUT2D eigenvalue weighted by molar-refractivity contribution is 5.71. The maximum atomic E-state index is 12.9. The summed E-state index contributed by atoms with van der Waals surface area (Å²) in [5.74, 6) is -0.877. The Morgan fingerprint density at radius 1 is 0.260 bits per heavy atom. The van der Waals surface area contributed by atoms with Gasteiger partial charge < -0.3 is 14.2 Å². The molecule has 77 heavy (non-hydrogen) atoms. The predicted octanol–water partition coefficient (Wildman–Crippen LogP) is 23.3. The smallest absolute Gasteiger partial charge is 0.306 e. The van der Waals surface area contributed by atoms with Crippen LogP contribution in [-0.2, 0) is 28.6 Å². The van der Waals surface area contributed by atoms with Gasteiger partial charge in [-0.2, -0.15) is 0 Å². The molecule has 0 fully saturated rings. The first-order valence-corrected chi connectivity index (χ1v) is 34.1. The van der Waals surface area contributed by atoms with E-state index in [1.807, 2.05) is 0 Å². The fourth-order valence-electron chi connectivity index (χ4n) is 10.2. The topological polar surface area (TPSA) is 78.9 Å². The van der Waals surface area contributed by atoms with E-state index in [2.05, 4.69) is 69.4 Å². The molecule has 0 saturated carbocycles. The summed E-state index contributed by atoms with van der Waals surface area (Å²) in [6.45, 7) is 6.64. The predicted molar refractivity (Wildman–Crippen MR) is 335 cm³/mol. The summed E-state index contributed by atoms with van der Waals surface area (Å²) in [5.41, 5.74) is 0. The second kappa shape index (κ2) is 65.9. The van der Waals surface area contributed by atoms with Crippen LogP contribution < -0.4 is 0 Å². The van der Waals surface area contributed by atoms with Crippen molar-refractivity contribution in [3.05, 3.63) is 48.6 Å². The van der Waals surface area contributed by atoms with Gasteiger partial charge in [-0.15, -0.1) is 0 Å². The van der Waals surface area contributed by atoms with Crippen molar-refractivity contribution in [3.8, 4) is 0 Å². The molecule has 450 valence electrons. The lowest BCUT2D eigenvalue weighted by atomic mass is 10.0. The van der Waals surface area contributed by atoms with Crippen LogP contribution in [0, 0.1) is 0 Å². The van der Waals surface area contributed by atoms with Crippen LogP contribution in [0.5, 0.6) is 0 Å². The van der Waals surface area contributed by atoms with Gasteiger partial charge in [0.15, 0.2) is 6.10 Å². The Bertz CT molecular complexity index is 1330. The number of rotatable bonds is 63. The van der Waals surface area contributed by atoms with Gasteiger partial charge in [0.2, 0.25) is 0 Å². The quantitative estimate of drug-likeness (QED) is 0.0261. The first kappa shape index (κ1) is 74.4. The second-order valence-corrected chi connectivity index (χ2v) is 23.1. The Balaban J connectivity index is 4.27. The van der Waals surface area contributed by atoms with E-state index < -0.39 is 6.10 Å². The number of esters is 3. The minimum Gasteiger partial charge on any atom is -0.462 e. The Morgan fingerprint density at radius 3 is 0.753 bits per heavy atom. The van der Waals surface area contributed by atoms with E-state index in [1.54, 1.807) is 0 Å². The van der Waals surface area contributed by atoms with Crippen molar-refractivity contribution in [2.75, 3.05) is 13.2 Å². The fraction of sp³-hybridized carbons (Fsp3) is 0.845. The monoisotopic (exact) mass is 1080 g/mol. The number of allylic oxidation sites excluding steroid dienone is 8. The highest BCUT2D eigenvalue weighted by Crippen LogP contribution is 2.18. The van der Waals surface area contributed by atoms with Crippen molar-refractivity contribution in [2.24, 2.45) is 0 Å². The Labute approximate surface area is 479 Å². The third-order valence-corrected chi connectivity index (χ3v) is 15.3. The molecule has 0 aromatic carbocycles. The fourth-order valence-corrected chi connectivity index (χ4v) is 10.2. The second-order valence-electron chi connectivity index (χ2n) is 23.1. The average Bonchev–Trinajstić information content (AvgIpc) is 3.43. The Morgan fingerprint density at radius 2 is 0.468 bits per heavy atom. The van der Waals surface area contributed by atoms with Gasteiger partial charge in [-0.05, 0) is 83.5 Å². The SMILES string of the molecule is CCCCC/C=C\C/C=C\CCCCCCCC(=O)OCC(COC(=O)CCCCCCCCCCCCCCCCCCCCCCCCCCCC)OC(=O)CCCCCCCCC/C=C\C/C=C\CCCCCC. The summed E-state index contributed by atoms with van der Waals surface area (Å²) < 4.78 is 17.0. The minimum atomic E-state index is -0.783. The molecule has 0 spiro atoms. The molecular weight excluding hydrogens is 949 g/mol. The van der Waals surface area contributed by atoms with Crippen LogP contribution in [0.15, 0.2) is 48.6 Å². The van der Waals surface area contributed by atoms with Crippen molar-refractivity contribution in [1.29, 1.82) is 0 Å². The zero-order valence-electron chi connectivity index (χ0n) is 51.7. The minimum absolute atomic E-state index is 0.0773. The molecule has 1 unspecified atom stereocenters. The molecule has 0 bridgehead atoms. The van der Waals surface area contributed by atoms with E-state index in [1.165, 1.54) is 238 Å². The van der Waals surface area contributed by atoms with Crippen LogP contribution in [0.1, 0.15) is 367 Å². The number of unbranched alkanes of at least 4 members (excludes halogenated alkanes) is 44. The molecule has 0 heterocycles. The van der Waals surface area contributed by atoms with Gasteiger partial charge >= 0.3 is 17.9 Å². The van der Waals surface area contributed by atoms with Crippen LogP contribution in [-0.4, -0.2) is 37.2 Å². The summed E-state index contributed by atoms with van der Waals surface area (Å²) >= 11 is 0. The maximum absolute atomic E-state index is 12.9. The Kier molecular flexibility index (Phi) is 63.6. The largest absolute Gasteiger partial charge is 0.462 e. The zero-order valence-corrected chi connectivity index (χ0v) is 51.7. The summed E-state index contributed by atoms with van der Waals surface area (Å²) in [4.78, 5) is 38.4. The molecule has 0 aromatic rings. The zero-order chi connectivity index (χ0) is 55.7. The molecule has 6 nitrogen and oxygen atoms in total. The standard InChI is InChI=1S/C71H130O6/c1-4-7-10-13-16-19-22-25-28-30-32-33-34-35-36-37-38-39-41-43-46-49-52-55-58-61-64-70(73)76-67-68(66-75-69(72)63-60-57-54-51-48-45-42-27-24-21-18-15-12-9-6-3)77-71(74)65-62-59-56-53-50-47-44-40-31-29-26-23-20-17-14-11-8-5-2/h18,20-21,23,27,29,31,42,68H,4-17,19,22,24-26,28,30,32-41,43-67H2,1-3H3/b21-18-,23-20-,31-29-,42-27-. The number of carbonyl (C=O) groups is 3. The molecule has 0 N–H and O–H groups in total. The van der Waals surface area contributed by atoms with Crippen LogP contribution >= 0.6 is 0 Å². The summed E-state index contributed by atoms with van der Waals surface area (Å²) in [7, 11) is 0. The van der Waals surface area contributed by atoms with Gasteiger partial charge in [0.1, 0.15) is 13.2 Å². The number of carbonyl (C=O) groups excluding carboxylic acids is 3. The van der Waals surface area contributed by atoms with E-state index in [0.717, 1.165) is 89.9 Å². The molecule has 6 heteroatoms. The van der Waals surface area contributed by atoms with Gasteiger partial charge in [0.25, 0.3) is 0 Å². The lowest BCUT2D eigenvalue weighted by Crippen LogP contribution is -2.30. The summed E-state index contributed by atoms with van der Waals surface area (Å²) in [5, 5.41) is 0. The van der Waals surface area contributed by atoms with Crippen molar-refractivity contribution < 1.29 is 28.6 Å².